The van der Waals surface area contributed by atoms with Crippen LogP contribution in [0.2, 0.25) is 0 Å². The van der Waals surface area contributed by atoms with Gasteiger partial charge in [-0.15, -0.1) is 0 Å². The average Bonchev–Trinajstić information content (AvgIpc) is 3.52. The molecule has 4 aromatic rings. The molecule has 6 heterocycles. The number of piperidine rings is 2. The molecule has 1 N–H and O–H groups in total. The van der Waals surface area contributed by atoms with Crippen molar-refractivity contribution in [3.05, 3.63) is 54.7 Å². The molecule has 41 heavy (non-hydrogen) atoms. The van der Waals surface area contributed by atoms with E-state index in [9.17, 15) is 10.1 Å². The highest BCUT2D eigenvalue weighted by Gasteiger charge is 2.55. The summed E-state index contributed by atoms with van der Waals surface area (Å²) < 4.78 is 9.15. The number of amides is 1. The number of hydrogen-bond acceptors (Lipinski definition) is 7. The first-order chi connectivity index (χ1) is 19.6. The van der Waals surface area contributed by atoms with E-state index in [1.54, 1.807) is 15.4 Å². The summed E-state index contributed by atoms with van der Waals surface area (Å²) >= 11 is 0. The standard InChI is InChI=1S/C31H34N8O2/c1-30(2,3)41-29(40)36-31-10-19-7-24(11-31)39(25(8-19)12-31)27-6-5-20(14-33-27)26-9-21(23-16-34-37(4)17-23)18-38-28(26)22(13-32)15-35-38/h5-6,9,14-19,24-25H,7-8,10-12H2,1-4H3,(H,36,40). The monoisotopic (exact) mass is 550 g/mol. The lowest BCUT2D eigenvalue weighted by Crippen LogP contribution is -2.69. The Hall–Kier alpha value is -4.39. The minimum absolute atomic E-state index is 0.205. The van der Waals surface area contributed by atoms with E-state index in [1.807, 2.05) is 52.6 Å². The molecule has 4 aliphatic rings. The fourth-order valence-corrected chi connectivity index (χ4v) is 7.52. The molecule has 0 spiro atoms. The van der Waals surface area contributed by atoms with Crippen LogP contribution < -0.4 is 10.2 Å². The summed E-state index contributed by atoms with van der Waals surface area (Å²) in [6.07, 6.45) is 14.0. The minimum atomic E-state index is -0.516. The average molecular weight is 551 g/mol. The Labute approximate surface area is 238 Å². The lowest BCUT2D eigenvalue weighted by Gasteiger charge is -2.61. The second-order valence-electron chi connectivity index (χ2n) is 13.0. The van der Waals surface area contributed by atoms with Crippen molar-refractivity contribution in [2.45, 2.75) is 76.1 Å². The Balaban J connectivity index is 1.18. The van der Waals surface area contributed by atoms with Crippen LogP contribution in [0.1, 0.15) is 58.4 Å². The molecule has 10 nitrogen and oxygen atoms in total. The summed E-state index contributed by atoms with van der Waals surface area (Å²) in [6.45, 7) is 5.70. The predicted octanol–water partition coefficient (Wildman–Crippen LogP) is 5.08. The number of hydrogen-bond donors (Lipinski definition) is 1. The summed E-state index contributed by atoms with van der Waals surface area (Å²) in [4.78, 5) is 20.2. The van der Waals surface area contributed by atoms with Gasteiger partial charge in [0.05, 0.1) is 23.5 Å². The molecular formula is C31H34N8O2. The largest absolute Gasteiger partial charge is 0.444 e. The van der Waals surface area contributed by atoms with Crippen LogP contribution in [-0.2, 0) is 11.8 Å². The maximum absolute atomic E-state index is 12.7. The van der Waals surface area contributed by atoms with E-state index in [4.69, 9.17) is 9.72 Å². The number of anilines is 1. The van der Waals surface area contributed by atoms with Gasteiger partial charge in [-0.1, -0.05) is 0 Å². The highest BCUT2D eigenvalue weighted by atomic mass is 16.6. The number of aromatic nitrogens is 5. The van der Waals surface area contributed by atoms with Gasteiger partial charge in [-0.2, -0.15) is 15.5 Å². The van der Waals surface area contributed by atoms with Gasteiger partial charge in [0.1, 0.15) is 17.5 Å². The third kappa shape index (κ3) is 4.49. The molecule has 2 atom stereocenters. The molecule has 4 bridgehead atoms. The summed E-state index contributed by atoms with van der Waals surface area (Å²) in [7, 11) is 1.89. The number of rotatable bonds is 4. The van der Waals surface area contributed by atoms with Gasteiger partial charge in [0, 0.05) is 65.5 Å². The molecular weight excluding hydrogens is 516 g/mol. The number of nitrogens with one attached hydrogen (secondary N) is 1. The van der Waals surface area contributed by atoms with E-state index >= 15 is 0 Å². The molecule has 2 saturated carbocycles. The second-order valence-corrected chi connectivity index (χ2v) is 13.0. The van der Waals surface area contributed by atoms with Gasteiger partial charge in [0.2, 0.25) is 0 Å². The van der Waals surface area contributed by atoms with E-state index in [0.717, 1.165) is 65.7 Å². The third-order valence-electron chi connectivity index (χ3n) is 8.79. The lowest BCUT2D eigenvalue weighted by molar-refractivity contribution is 0.0124. The number of carbonyl (C=O) groups is 1. The predicted molar refractivity (Wildman–Crippen MR) is 154 cm³/mol. The number of pyridine rings is 2. The van der Waals surface area contributed by atoms with Crippen LogP contribution >= 0.6 is 0 Å². The number of nitrogens with zero attached hydrogens (tertiary/aromatic N) is 7. The van der Waals surface area contributed by atoms with Crippen molar-refractivity contribution in [2.75, 3.05) is 4.90 Å². The highest BCUT2D eigenvalue weighted by molar-refractivity contribution is 5.87. The maximum Gasteiger partial charge on any atom is 0.408 e. The molecule has 4 fully saturated rings. The van der Waals surface area contributed by atoms with Gasteiger partial charge < -0.3 is 15.0 Å². The Kier molecular flexibility index (Phi) is 5.65. The number of fused-ring (bicyclic) bond motifs is 1. The smallest absolute Gasteiger partial charge is 0.408 e. The number of ether oxygens (including phenoxy) is 1. The van der Waals surface area contributed by atoms with E-state index < -0.39 is 5.60 Å². The minimum Gasteiger partial charge on any atom is -0.444 e. The third-order valence-corrected chi connectivity index (χ3v) is 8.79. The number of carbonyl (C=O) groups excluding carboxylic acids is 1. The topological polar surface area (TPSA) is 113 Å². The van der Waals surface area contributed by atoms with Crippen LogP contribution in [0.4, 0.5) is 10.6 Å². The molecule has 2 saturated heterocycles. The fraction of sp³-hybridized carbons (Fsp3) is 0.452. The van der Waals surface area contributed by atoms with E-state index in [1.165, 1.54) is 0 Å². The van der Waals surface area contributed by atoms with Gasteiger partial charge in [-0.3, -0.25) is 4.68 Å². The van der Waals surface area contributed by atoms with Gasteiger partial charge in [-0.05, 0) is 77.0 Å². The molecule has 8 rings (SSSR count). The SMILES string of the molecule is Cn1cc(-c2cc(-c3ccc(N4C5CC6CC4CC(NC(=O)OC(C)(C)C)(C6)C5)nc3)c3c(C#N)cnn3c2)cn1. The van der Waals surface area contributed by atoms with Crippen molar-refractivity contribution in [2.24, 2.45) is 13.0 Å². The van der Waals surface area contributed by atoms with Crippen LogP contribution in [0, 0.1) is 17.2 Å². The second kappa shape index (κ2) is 9.06. The van der Waals surface area contributed by atoms with Crippen molar-refractivity contribution in [3.8, 4) is 28.3 Å². The molecule has 0 aromatic carbocycles. The first-order valence-electron chi connectivity index (χ1n) is 14.3. The number of alkyl carbamates (subject to hydrolysis) is 1. The van der Waals surface area contributed by atoms with Crippen LogP contribution in [-0.4, -0.2) is 53.7 Å². The normalized spacial score (nSPS) is 25.0. The van der Waals surface area contributed by atoms with Gasteiger partial charge in [0.25, 0.3) is 0 Å². The van der Waals surface area contributed by atoms with E-state index in [0.29, 0.717) is 23.6 Å². The number of aryl methyl sites for hydroxylation is 1. The summed E-state index contributed by atoms with van der Waals surface area (Å²) in [6, 6.07) is 9.22. The van der Waals surface area contributed by atoms with Crippen LogP contribution in [0.5, 0.6) is 0 Å². The highest BCUT2D eigenvalue weighted by Crippen LogP contribution is 2.52. The van der Waals surface area contributed by atoms with E-state index in [2.05, 4.69) is 44.7 Å². The Morgan fingerprint density at radius 1 is 1.05 bits per heavy atom. The Morgan fingerprint density at radius 2 is 1.83 bits per heavy atom. The zero-order chi connectivity index (χ0) is 28.5. The molecule has 0 radical (unpaired) electrons. The van der Waals surface area contributed by atoms with Crippen LogP contribution in [0.15, 0.2) is 49.2 Å². The summed E-state index contributed by atoms with van der Waals surface area (Å²) in [5, 5.41) is 21.8. The maximum atomic E-state index is 12.7. The van der Waals surface area contributed by atoms with Gasteiger partial charge in [0.15, 0.2) is 0 Å². The first-order valence-corrected chi connectivity index (χ1v) is 14.3. The summed E-state index contributed by atoms with van der Waals surface area (Å²) in [5.41, 5.74) is 4.33. The van der Waals surface area contributed by atoms with E-state index in [-0.39, 0.29) is 11.6 Å². The van der Waals surface area contributed by atoms with Crippen LogP contribution in [0.25, 0.3) is 27.8 Å². The molecule has 10 heteroatoms. The summed E-state index contributed by atoms with van der Waals surface area (Å²) in [5.74, 6) is 1.57. The van der Waals surface area contributed by atoms with Gasteiger partial charge >= 0.3 is 6.09 Å². The van der Waals surface area contributed by atoms with Crippen molar-refractivity contribution in [1.29, 1.82) is 5.26 Å². The molecule has 210 valence electrons. The van der Waals surface area contributed by atoms with Gasteiger partial charge in [-0.25, -0.2) is 14.3 Å². The van der Waals surface area contributed by atoms with Crippen LogP contribution in [0.3, 0.4) is 0 Å². The molecule has 4 aromatic heterocycles. The number of nitriles is 1. The van der Waals surface area contributed by atoms with Crippen molar-refractivity contribution in [3.63, 3.8) is 0 Å². The van der Waals surface area contributed by atoms with Crippen molar-refractivity contribution < 1.29 is 9.53 Å². The Morgan fingerprint density at radius 3 is 2.46 bits per heavy atom. The molecule has 1 amide bonds. The zero-order valence-corrected chi connectivity index (χ0v) is 23.8. The molecule has 2 aliphatic carbocycles. The Bertz CT molecular complexity index is 1670. The first kappa shape index (κ1) is 25.6. The molecule has 2 aliphatic heterocycles. The zero-order valence-electron chi connectivity index (χ0n) is 23.8. The molecule has 2 unspecified atom stereocenters. The van der Waals surface area contributed by atoms with Crippen molar-refractivity contribution in [1.82, 2.24) is 29.7 Å². The van der Waals surface area contributed by atoms with Crippen molar-refractivity contribution >= 4 is 17.4 Å². The lowest BCUT2D eigenvalue weighted by atomic mass is 9.59. The quantitative estimate of drug-likeness (QED) is 0.377. The fourth-order valence-electron chi connectivity index (χ4n) is 7.52.